The summed E-state index contributed by atoms with van der Waals surface area (Å²) >= 11 is 0. The van der Waals surface area contributed by atoms with E-state index in [0.29, 0.717) is 34.4 Å². The predicted molar refractivity (Wildman–Crippen MR) is 69.5 cm³/mol. The summed E-state index contributed by atoms with van der Waals surface area (Å²) in [6.45, 7) is 11.7. The molecule has 3 fully saturated rings. The number of rotatable bonds is 0. The monoisotopic (exact) mass is 234 g/mol. The molecule has 0 aromatic heterocycles. The lowest BCUT2D eigenvalue weighted by molar-refractivity contribution is -0.137. The zero-order chi connectivity index (χ0) is 12.6. The molecule has 0 aromatic carbocycles. The van der Waals surface area contributed by atoms with E-state index in [-0.39, 0.29) is 0 Å². The fourth-order valence-electron chi connectivity index (χ4n) is 6.19. The van der Waals surface area contributed by atoms with Crippen LogP contribution in [-0.4, -0.2) is 5.78 Å². The van der Waals surface area contributed by atoms with Gasteiger partial charge >= 0.3 is 0 Å². The van der Waals surface area contributed by atoms with Crippen molar-refractivity contribution in [3.63, 3.8) is 0 Å². The van der Waals surface area contributed by atoms with Crippen molar-refractivity contribution in [2.24, 2.45) is 40.4 Å². The maximum absolute atomic E-state index is 12.6. The molecule has 96 valence electrons. The molecule has 2 bridgehead atoms. The van der Waals surface area contributed by atoms with Crippen molar-refractivity contribution in [3.05, 3.63) is 0 Å². The van der Waals surface area contributed by atoms with E-state index in [1.807, 2.05) is 0 Å². The van der Waals surface area contributed by atoms with Gasteiger partial charge in [0.1, 0.15) is 5.78 Å². The lowest BCUT2D eigenvalue weighted by Gasteiger charge is -2.44. The zero-order valence-corrected chi connectivity index (χ0v) is 11.9. The number of carbonyl (C=O) groups is 1. The molecule has 1 nitrogen and oxygen atoms in total. The van der Waals surface area contributed by atoms with Crippen LogP contribution < -0.4 is 0 Å². The van der Waals surface area contributed by atoms with Crippen LogP contribution in [0, 0.1) is 40.4 Å². The number of Topliss-reactive ketones (excluding diaryl/α,β-unsaturated/α-hetero) is 1. The van der Waals surface area contributed by atoms with E-state index in [1.165, 1.54) is 19.3 Å². The Labute approximate surface area is 105 Å². The van der Waals surface area contributed by atoms with Crippen LogP contribution in [0.2, 0.25) is 0 Å². The highest BCUT2D eigenvalue weighted by atomic mass is 16.1. The highest BCUT2D eigenvalue weighted by Crippen LogP contribution is 2.73. The summed E-state index contributed by atoms with van der Waals surface area (Å²) < 4.78 is 0. The standard InChI is InChI=1S/C16H26O/c1-9-6-7-13-15(4,5)12-8-16(9,13)11(3)14(17)10(12)2/h9-13H,6-8H2,1-5H3. The predicted octanol–water partition coefficient (Wildman–Crippen LogP) is 3.92. The van der Waals surface area contributed by atoms with Gasteiger partial charge in [-0.25, -0.2) is 0 Å². The lowest BCUT2D eigenvalue weighted by Crippen LogP contribution is -2.44. The van der Waals surface area contributed by atoms with Crippen molar-refractivity contribution >= 4 is 5.78 Å². The molecule has 0 heterocycles. The fraction of sp³-hybridized carbons (Fsp3) is 0.938. The van der Waals surface area contributed by atoms with E-state index in [4.69, 9.17) is 0 Å². The molecule has 0 aromatic rings. The highest BCUT2D eigenvalue weighted by molar-refractivity contribution is 5.85. The van der Waals surface area contributed by atoms with Gasteiger partial charge in [-0.1, -0.05) is 34.6 Å². The van der Waals surface area contributed by atoms with Crippen LogP contribution in [0.5, 0.6) is 0 Å². The first-order valence-corrected chi connectivity index (χ1v) is 7.37. The van der Waals surface area contributed by atoms with Crippen molar-refractivity contribution < 1.29 is 4.79 Å². The van der Waals surface area contributed by atoms with Gasteiger partial charge in [-0.2, -0.15) is 0 Å². The van der Waals surface area contributed by atoms with Crippen LogP contribution in [0.3, 0.4) is 0 Å². The number of hydrogen-bond acceptors (Lipinski definition) is 1. The Bertz CT molecular complexity index is 370. The van der Waals surface area contributed by atoms with Gasteiger partial charge in [0.25, 0.3) is 0 Å². The quantitative estimate of drug-likeness (QED) is 0.621. The van der Waals surface area contributed by atoms with Crippen LogP contribution in [-0.2, 0) is 4.79 Å². The molecular weight excluding hydrogens is 208 g/mol. The normalized spacial score (nSPS) is 56.1. The van der Waals surface area contributed by atoms with Gasteiger partial charge < -0.3 is 0 Å². The van der Waals surface area contributed by atoms with Gasteiger partial charge in [-0.3, -0.25) is 4.79 Å². The number of fused-ring (bicyclic) bond motifs is 1. The molecule has 0 aliphatic heterocycles. The topological polar surface area (TPSA) is 17.1 Å². The zero-order valence-electron chi connectivity index (χ0n) is 11.9. The van der Waals surface area contributed by atoms with Gasteiger partial charge in [0.15, 0.2) is 0 Å². The number of ketones is 1. The maximum atomic E-state index is 12.6. The molecular formula is C16H26O. The van der Waals surface area contributed by atoms with Crippen molar-refractivity contribution in [1.29, 1.82) is 0 Å². The molecule has 0 N–H and O–H groups in total. The molecule has 3 aliphatic carbocycles. The van der Waals surface area contributed by atoms with Crippen molar-refractivity contribution in [2.45, 2.75) is 53.9 Å². The summed E-state index contributed by atoms with van der Waals surface area (Å²) in [6, 6.07) is 0. The van der Waals surface area contributed by atoms with Crippen LogP contribution >= 0.6 is 0 Å². The summed E-state index contributed by atoms with van der Waals surface area (Å²) in [6.07, 6.45) is 4.02. The van der Waals surface area contributed by atoms with Crippen molar-refractivity contribution in [1.82, 2.24) is 0 Å². The van der Waals surface area contributed by atoms with E-state index in [2.05, 4.69) is 34.6 Å². The molecule has 3 saturated carbocycles. The Balaban J connectivity index is 2.15. The first kappa shape index (κ1) is 11.7. The molecule has 0 saturated heterocycles. The van der Waals surface area contributed by atoms with Gasteiger partial charge in [0.05, 0.1) is 0 Å². The molecule has 1 spiro atoms. The minimum Gasteiger partial charge on any atom is -0.299 e. The Morgan fingerprint density at radius 3 is 2.41 bits per heavy atom. The fourth-order valence-corrected chi connectivity index (χ4v) is 6.19. The van der Waals surface area contributed by atoms with Crippen molar-refractivity contribution in [2.75, 3.05) is 0 Å². The molecule has 6 atom stereocenters. The van der Waals surface area contributed by atoms with Crippen LogP contribution in [0.15, 0.2) is 0 Å². The Morgan fingerprint density at radius 2 is 1.76 bits per heavy atom. The molecule has 3 rings (SSSR count). The Kier molecular flexibility index (Phi) is 2.18. The van der Waals surface area contributed by atoms with E-state index >= 15 is 0 Å². The lowest BCUT2D eigenvalue weighted by atomic mass is 9.59. The Hall–Kier alpha value is -0.330. The van der Waals surface area contributed by atoms with Crippen LogP contribution in [0.25, 0.3) is 0 Å². The molecule has 0 radical (unpaired) electrons. The first-order chi connectivity index (χ1) is 7.83. The summed E-state index contributed by atoms with van der Waals surface area (Å²) in [4.78, 5) is 12.6. The number of carbonyl (C=O) groups excluding carboxylic acids is 1. The average Bonchev–Trinajstić information content (AvgIpc) is 2.70. The van der Waals surface area contributed by atoms with E-state index < -0.39 is 0 Å². The third-order valence-corrected chi connectivity index (χ3v) is 7.17. The molecule has 17 heavy (non-hydrogen) atoms. The summed E-state index contributed by atoms with van der Waals surface area (Å²) in [5, 5.41) is 0. The SMILES string of the molecule is CC1C(=O)C(C)C23CC1C(C)(C)C2CCC3C. The third-order valence-electron chi connectivity index (χ3n) is 7.17. The minimum absolute atomic E-state index is 0.295. The molecule has 3 aliphatic rings. The summed E-state index contributed by atoms with van der Waals surface area (Å²) in [7, 11) is 0. The maximum Gasteiger partial charge on any atom is 0.139 e. The summed E-state index contributed by atoms with van der Waals surface area (Å²) in [5.41, 5.74) is 0.738. The first-order valence-electron chi connectivity index (χ1n) is 7.37. The summed E-state index contributed by atoms with van der Waals surface area (Å²) in [5.74, 6) is 3.34. The van der Waals surface area contributed by atoms with E-state index in [9.17, 15) is 4.79 Å². The smallest absolute Gasteiger partial charge is 0.139 e. The molecule has 0 amide bonds. The van der Waals surface area contributed by atoms with Crippen LogP contribution in [0.4, 0.5) is 0 Å². The van der Waals surface area contributed by atoms with E-state index in [0.717, 1.165) is 11.8 Å². The van der Waals surface area contributed by atoms with Gasteiger partial charge in [-0.15, -0.1) is 0 Å². The molecule has 6 unspecified atom stereocenters. The molecule has 1 heteroatoms. The second kappa shape index (κ2) is 3.16. The second-order valence-electron chi connectivity index (χ2n) is 7.69. The van der Waals surface area contributed by atoms with E-state index in [1.54, 1.807) is 0 Å². The van der Waals surface area contributed by atoms with Gasteiger partial charge in [0.2, 0.25) is 0 Å². The number of hydrogen-bond donors (Lipinski definition) is 0. The third kappa shape index (κ3) is 1.10. The Morgan fingerprint density at radius 1 is 1.12 bits per heavy atom. The van der Waals surface area contributed by atoms with Crippen molar-refractivity contribution in [3.8, 4) is 0 Å². The second-order valence-corrected chi connectivity index (χ2v) is 7.69. The van der Waals surface area contributed by atoms with Crippen LogP contribution in [0.1, 0.15) is 53.9 Å². The highest BCUT2D eigenvalue weighted by Gasteiger charge is 2.69. The average molecular weight is 234 g/mol. The van der Waals surface area contributed by atoms with Gasteiger partial charge in [0, 0.05) is 11.8 Å². The largest absolute Gasteiger partial charge is 0.299 e. The minimum atomic E-state index is 0.295. The van der Waals surface area contributed by atoms with Gasteiger partial charge in [-0.05, 0) is 47.8 Å².